The highest BCUT2D eigenvalue weighted by atomic mass is 32.2. The number of hydrogen-bond acceptors (Lipinski definition) is 6. The van der Waals surface area contributed by atoms with Gasteiger partial charge in [-0.3, -0.25) is 0 Å². The maximum Gasteiger partial charge on any atom is 0.396 e. The summed E-state index contributed by atoms with van der Waals surface area (Å²) >= 11 is 1.11. The fourth-order valence-electron chi connectivity index (χ4n) is 1.32. The molecule has 1 heterocycles. The topological polar surface area (TPSA) is 65.2 Å². The zero-order valence-corrected chi connectivity index (χ0v) is 11.2. The van der Waals surface area contributed by atoms with Gasteiger partial charge in [-0.2, -0.15) is 0 Å². The van der Waals surface area contributed by atoms with Gasteiger partial charge in [0.05, 0.1) is 6.61 Å². The van der Waals surface area contributed by atoms with E-state index in [2.05, 4.69) is 10.2 Å². The van der Waals surface area contributed by atoms with Crippen molar-refractivity contribution in [3.05, 3.63) is 41.3 Å². The minimum Gasteiger partial charge on any atom is -0.459 e. The number of esters is 1. The first kappa shape index (κ1) is 14.4. The van der Waals surface area contributed by atoms with Gasteiger partial charge in [0.25, 0.3) is 5.22 Å². The molecule has 0 radical (unpaired) electrons. The van der Waals surface area contributed by atoms with Crippen molar-refractivity contribution in [2.45, 2.75) is 17.9 Å². The quantitative estimate of drug-likeness (QED) is 0.625. The van der Waals surface area contributed by atoms with Crippen molar-refractivity contribution < 1.29 is 22.7 Å². The van der Waals surface area contributed by atoms with Gasteiger partial charge >= 0.3 is 11.9 Å². The van der Waals surface area contributed by atoms with E-state index in [1.165, 1.54) is 6.07 Å². The van der Waals surface area contributed by atoms with E-state index >= 15 is 0 Å². The molecule has 106 valence electrons. The molecule has 0 bridgehead atoms. The largest absolute Gasteiger partial charge is 0.459 e. The standard InChI is InChI=1S/C12H10F2N2O3S/c1-2-18-11(17)10-15-16-12(19-10)20-6-7-3-4-8(13)9(14)5-7/h3-5H,2,6H2,1H3. The van der Waals surface area contributed by atoms with E-state index in [4.69, 9.17) is 9.15 Å². The number of nitrogens with zero attached hydrogens (tertiary/aromatic N) is 2. The SMILES string of the molecule is CCOC(=O)c1nnc(SCc2ccc(F)c(F)c2)o1. The van der Waals surface area contributed by atoms with Crippen LogP contribution in [-0.2, 0) is 10.5 Å². The Hall–Kier alpha value is -1.96. The van der Waals surface area contributed by atoms with E-state index < -0.39 is 17.6 Å². The number of halogens is 2. The number of carbonyl (C=O) groups excluding carboxylic acids is 1. The van der Waals surface area contributed by atoms with Crippen molar-refractivity contribution in [1.29, 1.82) is 0 Å². The molecule has 0 atom stereocenters. The molecular weight excluding hydrogens is 290 g/mol. The molecule has 2 aromatic rings. The molecule has 0 aliphatic rings. The van der Waals surface area contributed by atoms with Gasteiger partial charge in [0.2, 0.25) is 0 Å². The molecule has 0 aliphatic heterocycles. The predicted octanol–water partition coefficient (Wildman–Crippen LogP) is 2.82. The zero-order valence-electron chi connectivity index (χ0n) is 10.4. The number of thioether (sulfide) groups is 1. The first-order valence-electron chi connectivity index (χ1n) is 5.67. The second kappa shape index (κ2) is 6.47. The monoisotopic (exact) mass is 300 g/mol. The lowest BCUT2D eigenvalue weighted by atomic mass is 10.2. The first-order chi connectivity index (χ1) is 9.60. The van der Waals surface area contributed by atoms with Crippen molar-refractivity contribution in [1.82, 2.24) is 10.2 Å². The van der Waals surface area contributed by atoms with Gasteiger partial charge in [-0.15, -0.1) is 5.10 Å². The highest BCUT2D eigenvalue weighted by Gasteiger charge is 2.16. The van der Waals surface area contributed by atoms with Crippen LogP contribution in [0.25, 0.3) is 0 Å². The Morgan fingerprint density at radius 1 is 1.35 bits per heavy atom. The molecule has 0 amide bonds. The molecule has 1 aromatic heterocycles. The van der Waals surface area contributed by atoms with Gasteiger partial charge in [-0.1, -0.05) is 22.9 Å². The summed E-state index contributed by atoms with van der Waals surface area (Å²) in [5, 5.41) is 7.34. The van der Waals surface area contributed by atoms with E-state index in [9.17, 15) is 13.6 Å². The van der Waals surface area contributed by atoms with Crippen LogP contribution < -0.4 is 0 Å². The Balaban J connectivity index is 1.97. The maximum atomic E-state index is 13.0. The Labute approximate surface area is 117 Å². The van der Waals surface area contributed by atoms with Gasteiger partial charge in [0.1, 0.15) is 0 Å². The lowest BCUT2D eigenvalue weighted by molar-refractivity contribution is 0.0475. The van der Waals surface area contributed by atoms with Crippen molar-refractivity contribution in [3.63, 3.8) is 0 Å². The predicted molar refractivity (Wildman–Crippen MR) is 66.2 cm³/mol. The summed E-state index contributed by atoms with van der Waals surface area (Å²) in [4.78, 5) is 11.3. The van der Waals surface area contributed by atoms with Gasteiger partial charge in [-0.05, 0) is 24.6 Å². The van der Waals surface area contributed by atoms with Crippen LogP contribution in [0.1, 0.15) is 23.2 Å². The number of ether oxygens (including phenoxy) is 1. The molecular formula is C12H10F2N2O3S. The average Bonchev–Trinajstić information content (AvgIpc) is 2.89. The zero-order chi connectivity index (χ0) is 14.5. The fourth-order valence-corrected chi connectivity index (χ4v) is 2.02. The van der Waals surface area contributed by atoms with Crippen LogP contribution in [0, 0.1) is 11.6 Å². The highest BCUT2D eigenvalue weighted by molar-refractivity contribution is 7.98. The van der Waals surface area contributed by atoms with Crippen molar-refractivity contribution in [2.75, 3.05) is 6.61 Å². The van der Waals surface area contributed by atoms with Crippen LogP contribution in [0.3, 0.4) is 0 Å². The maximum absolute atomic E-state index is 13.0. The van der Waals surface area contributed by atoms with Gasteiger partial charge < -0.3 is 9.15 Å². The number of aromatic nitrogens is 2. The van der Waals surface area contributed by atoms with Crippen molar-refractivity contribution in [3.8, 4) is 0 Å². The minimum atomic E-state index is -0.916. The molecule has 0 spiro atoms. The number of hydrogen-bond donors (Lipinski definition) is 0. The molecule has 0 saturated heterocycles. The molecule has 0 aliphatic carbocycles. The number of carbonyl (C=O) groups is 1. The summed E-state index contributed by atoms with van der Waals surface area (Å²) in [6.45, 7) is 1.87. The molecule has 0 N–H and O–H groups in total. The Kier molecular flexibility index (Phi) is 4.67. The van der Waals surface area contributed by atoms with E-state index in [-0.39, 0.29) is 17.7 Å². The van der Waals surface area contributed by atoms with E-state index in [0.29, 0.717) is 11.3 Å². The Morgan fingerprint density at radius 3 is 2.85 bits per heavy atom. The third kappa shape index (κ3) is 3.53. The lowest BCUT2D eigenvalue weighted by Crippen LogP contribution is -2.04. The van der Waals surface area contributed by atoms with Crippen LogP contribution in [0.5, 0.6) is 0 Å². The van der Waals surface area contributed by atoms with E-state index in [1.807, 2.05) is 0 Å². The smallest absolute Gasteiger partial charge is 0.396 e. The average molecular weight is 300 g/mol. The molecule has 0 fully saturated rings. The Bertz CT molecular complexity index is 618. The second-order valence-electron chi connectivity index (χ2n) is 3.63. The van der Waals surface area contributed by atoms with Crippen molar-refractivity contribution >= 4 is 17.7 Å². The third-order valence-electron chi connectivity index (χ3n) is 2.20. The van der Waals surface area contributed by atoms with Crippen LogP contribution in [-0.4, -0.2) is 22.8 Å². The summed E-state index contributed by atoms with van der Waals surface area (Å²) < 4.78 is 35.5. The van der Waals surface area contributed by atoms with Crippen LogP contribution in [0.4, 0.5) is 8.78 Å². The molecule has 0 unspecified atom stereocenters. The molecule has 2 rings (SSSR count). The lowest BCUT2D eigenvalue weighted by Gasteiger charge is -1.99. The normalized spacial score (nSPS) is 10.6. The summed E-state index contributed by atoms with van der Waals surface area (Å²) in [7, 11) is 0. The second-order valence-corrected chi connectivity index (χ2v) is 4.56. The summed E-state index contributed by atoms with van der Waals surface area (Å²) in [5.74, 6) is -2.44. The molecule has 20 heavy (non-hydrogen) atoms. The van der Waals surface area contributed by atoms with Gasteiger partial charge in [-0.25, -0.2) is 13.6 Å². The number of benzene rings is 1. The summed E-state index contributed by atoms with van der Waals surface area (Å²) in [6.07, 6.45) is 0. The molecule has 5 nitrogen and oxygen atoms in total. The third-order valence-corrected chi connectivity index (χ3v) is 3.09. The van der Waals surface area contributed by atoms with Crippen LogP contribution in [0.15, 0.2) is 27.8 Å². The van der Waals surface area contributed by atoms with Gasteiger partial charge in [0, 0.05) is 5.75 Å². The minimum absolute atomic E-state index is 0.151. The number of rotatable bonds is 5. The van der Waals surface area contributed by atoms with Crippen LogP contribution >= 0.6 is 11.8 Å². The Morgan fingerprint density at radius 2 is 2.15 bits per heavy atom. The van der Waals surface area contributed by atoms with E-state index in [1.54, 1.807) is 6.92 Å². The molecule has 1 aromatic carbocycles. The van der Waals surface area contributed by atoms with E-state index in [0.717, 1.165) is 23.9 Å². The summed E-state index contributed by atoms with van der Waals surface area (Å²) in [6, 6.07) is 3.59. The van der Waals surface area contributed by atoms with Crippen LogP contribution in [0.2, 0.25) is 0 Å². The first-order valence-corrected chi connectivity index (χ1v) is 6.66. The molecule has 8 heteroatoms. The fraction of sp³-hybridized carbons (Fsp3) is 0.250. The highest BCUT2D eigenvalue weighted by Crippen LogP contribution is 2.22. The van der Waals surface area contributed by atoms with Crippen molar-refractivity contribution in [2.24, 2.45) is 0 Å². The summed E-state index contributed by atoms with van der Waals surface area (Å²) in [5.41, 5.74) is 0.560. The molecule has 0 saturated carbocycles. The van der Waals surface area contributed by atoms with Gasteiger partial charge in [0.15, 0.2) is 11.6 Å².